The van der Waals surface area contributed by atoms with Crippen LogP contribution in [-0.2, 0) is 6.54 Å². The highest BCUT2D eigenvalue weighted by atomic mass is 19.1. The molecule has 0 radical (unpaired) electrons. The van der Waals surface area contributed by atoms with E-state index in [1.807, 2.05) is 0 Å². The molecule has 1 saturated heterocycles. The number of aryl methyl sites for hydroxylation is 1. The highest BCUT2D eigenvalue weighted by Gasteiger charge is 2.43. The summed E-state index contributed by atoms with van der Waals surface area (Å²) in [5.74, 6) is -0.843. The van der Waals surface area contributed by atoms with Crippen molar-refractivity contribution in [2.75, 3.05) is 13.1 Å². The largest absolute Gasteiger partial charge is 0.478 e. The van der Waals surface area contributed by atoms with Gasteiger partial charge in [0.15, 0.2) is 29.7 Å². The first-order valence-corrected chi connectivity index (χ1v) is 7.76. The summed E-state index contributed by atoms with van der Waals surface area (Å²) < 4.78 is 43.9. The average Bonchev–Trinajstić information content (AvgIpc) is 3.20. The second-order valence-electron chi connectivity index (χ2n) is 5.91. The van der Waals surface area contributed by atoms with E-state index < -0.39 is 23.8 Å². The zero-order valence-corrected chi connectivity index (χ0v) is 13.3. The van der Waals surface area contributed by atoms with Crippen LogP contribution in [0, 0.1) is 18.6 Å². The summed E-state index contributed by atoms with van der Waals surface area (Å²) in [5, 5.41) is 2.70. The van der Waals surface area contributed by atoms with Gasteiger partial charge in [-0.25, -0.2) is 18.6 Å². The second kappa shape index (κ2) is 5.91. The molecule has 0 aliphatic carbocycles. The second-order valence-corrected chi connectivity index (χ2v) is 5.91. The number of carbonyl (C=O) groups is 1. The highest BCUT2D eigenvalue weighted by molar-refractivity contribution is 5.74. The summed E-state index contributed by atoms with van der Waals surface area (Å²) in [7, 11) is 0. The molecule has 3 heterocycles. The number of urea groups is 1. The first-order valence-electron chi connectivity index (χ1n) is 7.76. The van der Waals surface area contributed by atoms with Gasteiger partial charge in [-0.3, -0.25) is 0 Å². The van der Waals surface area contributed by atoms with E-state index >= 15 is 0 Å². The normalized spacial score (nSPS) is 21.2. The maximum absolute atomic E-state index is 13.8. The number of hydrogen-bond donors (Lipinski definition) is 1. The molecule has 2 atom stereocenters. The predicted molar refractivity (Wildman–Crippen MR) is 80.2 cm³/mol. The molecule has 2 aliphatic rings. The molecule has 1 aromatic carbocycles. The van der Waals surface area contributed by atoms with Crippen molar-refractivity contribution < 1.29 is 27.5 Å². The zero-order valence-electron chi connectivity index (χ0n) is 13.3. The number of halogens is 2. The van der Waals surface area contributed by atoms with Gasteiger partial charge < -0.3 is 24.1 Å². The van der Waals surface area contributed by atoms with Crippen molar-refractivity contribution in [2.45, 2.75) is 25.7 Å². The van der Waals surface area contributed by atoms with Crippen LogP contribution in [0.1, 0.15) is 11.7 Å². The number of aromatic nitrogens is 1. The van der Waals surface area contributed by atoms with Gasteiger partial charge in [-0.05, 0) is 12.1 Å². The number of likely N-dealkylation sites (tertiary alicyclic amines) is 1. The van der Waals surface area contributed by atoms with Gasteiger partial charge in [0.05, 0.1) is 25.8 Å². The van der Waals surface area contributed by atoms with Gasteiger partial charge in [-0.2, -0.15) is 0 Å². The molecule has 0 bridgehead atoms. The number of benzene rings is 1. The molecule has 2 amide bonds. The van der Waals surface area contributed by atoms with Gasteiger partial charge >= 0.3 is 6.03 Å². The van der Waals surface area contributed by atoms with Crippen molar-refractivity contribution in [1.82, 2.24) is 15.2 Å². The van der Waals surface area contributed by atoms with Crippen LogP contribution in [0.5, 0.6) is 11.5 Å². The lowest BCUT2D eigenvalue weighted by Crippen LogP contribution is -2.39. The molecule has 1 aromatic heterocycles. The Hall–Kier alpha value is -2.84. The van der Waals surface area contributed by atoms with Gasteiger partial charge in [0.25, 0.3) is 0 Å². The maximum atomic E-state index is 13.8. The van der Waals surface area contributed by atoms with E-state index in [0.29, 0.717) is 11.7 Å². The van der Waals surface area contributed by atoms with Crippen molar-refractivity contribution in [3.63, 3.8) is 0 Å². The van der Waals surface area contributed by atoms with Gasteiger partial charge in [0.2, 0.25) is 11.5 Å². The van der Waals surface area contributed by atoms with E-state index in [4.69, 9.17) is 13.9 Å². The number of amides is 2. The molecular weight excluding hydrogens is 336 g/mol. The highest BCUT2D eigenvalue weighted by Crippen LogP contribution is 2.40. The molecule has 4 rings (SSSR count). The summed E-state index contributed by atoms with van der Waals surface area (Å²) in [6.45, 7) is 2.32. The summed E-state index contributed by atoms with van der Waals surface area (Å²) in [6, 6.07) is 1.62. The summed E-state index contributed by atoms with van der Waals surface area (Å²) in [4.78, 5) is 17.7. The predicted octanol–water partition coefficient (Wildman–Crippen LogP) is 2.00. The average molecular weight is 351 g/mol. The van der Waals surface area contributed by atoms with Crippen molar-refractivity contribution in [2.24, 2.45) is 0 Å². The van der Waals surface area contributed by atoms with E-state index in [-0.39, 0.29) is 37.2 Å². The standard InChI is InChI=1S/C16H15F2N3O4/c1-8-19-4-9(23-8)5-20-16(22)21-6-12-13(7-21)25-15-11(18)3-2-10(17)14(15)24-12/h2-4,12-13H,5-7H2,1H3,(H,20,22)/t12-,13+. The number of hydrogen-bond acceptors (Lipinski definition) is 5. The van der Waals surface area contributed by atoms with Gasteiger partial charge in [0, 0.05) is 6.92 Å². The van der Waals surface area contributed by atoms with Crippen LogP contribution >= 0.6 is 0 Å². The molecule has 132 valence electrons. The lowest BCUT2D eigenvalue weighted by molar-refractivity contribution is 0.0467. The van der Waals surface area contributed by atoms with Crippen LogP contribution in [0.3, 0.4) is 0 Å². The number of rotatable bonds is 2. The minimum Gasteiger partial charge on any atom is -0.478 e. The lowest BCUT2D eigenvalue weighted by Gasteiger charge is -2.28. The molecule has 2 aliphatic heterocycles. The molecule has 1 fully saturated rings. The third kappa shape index (κ3) is 2.86. The quantitative estimate of drug-likeness (QED) is 0.896. The Morgan fingerprint density at radius 3 is 2.36 bits per heavy atom. The fourth-order valence-corrected chi connectivity index (χ4v) is 2.93. The summed E-state index contributed by atoms with van der Waals surface area (Å²) in [5.41, 5.74) is 0. The van der Waals surface area contributed by atoms with E-state index in [1.165, 1.54) is 11.1 Å². The molecule has 0 saturated carbocycles. The Morgan fingerprint density at radius 2 is 1.84 bits per heavy atom. The number of carbonyl (C=O) groups excluding carboxylic acids is 1. The number of ether oxygens (including phenoxy) is 2. The van der Waals surface area contributed by atoms with Crippen LogP contribution < -0.4 is 14.8 Å². The topological polar surface area (TPSA) is 76.8 Å². The Labute approximate surface area is 141 Å². The molecular formula is C16H15F2N3O4. The molecule has 2 aromatic rings. The van der Waals surface area contributed by atoms with Crippen LogP contribution in [-0.4, -0.2) is 41.2 Å². The first kappa shape index (κ1) is 15.7. The Bertz CT molecular complexity index is 787. The molecule has 0 spiro atoms. The Balaban J connectivity index is 1.41. The monoisotopic (exact) mass is 351 g/mol. The molecule has 1 N–H and O–H groups in total. The van der Waals surface area contributed by atoms with Gasteiger partial charge in [0.1, 0.15) is 5.76 Å². The minimum atomic E-state index is -0.696. The van der Waals surface area contributed by atoms with E-state index in [0.717, 1.165) is 12.1 Å². The van der Waals surface area contributed by atoms with Crippen molar-refractivity contribution in [3.8, 4) is 11.5 Å². The van der Waals surface area contributed by atoms with Crippen LogP contribution in [0.2, 0.25) is 0 Å². The molecule has 0 unspecified atom stereocenters. The van der Waals surface area contributed by atoms with Crippen molar-refractivity contribution in [3.05, 3.63) is 41.6 Å². The van der Waals surface area contributed by atoms with E-state index in [2.05, 4.69) is 10.3 Å². The number of fused-ring (bicyclic) bond motifs is 2. The third-order valence-corrected chi connectivity index (χ3v) is 4.14. The number of oxazole rings is 1. The molecule has 25 heavy (non-hydrogen) atoms. The molecule has 7 nitrogen and oxygen atoms in total. The summed E-state index contributed by atoms with van der Waals surface area (Å²) >= 11 is 0. The van der Waals surface area contributed by atoms with Gasteiger partial charge in [-0.1, -0.05) is 0 Å². The Morgan fingerprint density at radius 1 is 1.24 bits per heavy atom. The summed E-state index contributed by atoms with van der Waals surface area (Å²) in [6.07, 6.45) is 0.428. The SMILES string of the molecule is Cc1ncc(CNC(=O)N2C[C@@H]3Oc4c(F)ccc(F)c4O[C@@H]3C2)o1. The zero-order chi connectivity index (χ0) is 17.6. The fourth-order valence-electron chi connectivity index (χ4n) is 2.93. The smallest absolute Gasteiger partial charge is 0.318 e. The van der Waals surface area contributed by atoms with Crippen molar-refractivity contribution >= 4 is 6.03 Å². The minimum absolute atomic E-state index is 0.191. The maximum Gasteiger partial charge on any atom is 0.318 e. The Kier molecular flexibility index (Phi) is 3.70. The van der Waals surface area contributed by atoms with Crippen LogP contribution in [0.4, 0.5) is 13.6 Å². The number of nitrogens with one attached hydrogen (secondary N) is 1. The van der Waals surface area contributed by atoms with E-state index in [9.17, 15) is 13.6 Å². The first-order chi connectivity index (χ1) is 12.0. The fraction of sp³-hybridized carbons (Fsp3) is 0.375. The van der Waals surface area contributed by atoms with Gasteiger partial charge in [-0.15, -0.1) is 0 Å². The van der Waals surface area contributed by atoms with Crippen LogP contribution in [0.25, 0.3) is 0 Å². The van der Waals surface area contributed by atoms with E-state index in [1.54, 1.807) is 6.92 Å². The molecule has 9 heteroatoms. The third-order valence-electron chi connectivity index (χ3n) is 4.14. The van der Waals surface area contributed by atoms with Crippen LogP contribution in [0.15, 0.2) is 22.7 Å². The van der Waals surface area contributed by atoms with Crippen molar-refractivity contribution in [1.29, 1.82) is 0 Å². The number of nitrogens with zero attached hydrogens (tertiary/aromatic N) is 2. The lowest BCUT2D eigenvalue weighted by atomic mass is 10.2.